The number of nitrogens with one attached hydrogen (secondary N) is 1. The van der Waals surface area contributed by atoms with E-state index in [1.54, 1.807) is 12.4 Å². The first-order chi connectivity index (χ1) is 7.53. The van der Waals surface area contributed by atoms with E-state index in [-0.39, 0.29) is 6.54 Å². The summed E-state index contributed by atoms with van der Waals surface area (Å²) in [5.74, 6) is 0.512. The van der Waals surface area contributed by atoms with Crippen LogP contribution in [0.4, 0.5) is 19.1 Å². The number of imidazole rings is 1. The highest BCUT2D eigenvalue weighted by molar-refractivity contribution is 5.25. The van der Waals surface area contributed by atoms with Crippen LogP contribution in [-0.4, -0.2) is 22.3 Å². The summed E-state index contributed by atoms with van der Waals surface area (Å²) in [5, 5.41) is 2.69. The van der Waals surface area contributed by atoms with Crippen molar-refractivity contribution in [3.05, 3.63) is 12.4 Å². The fourth-order valence-corrected chi connectivity index (χ4v) is 1.30. The molecule has 0 aliphatic heterocycles. The van der Waals surface area contributed by atoms with Crippen LogP contribution < -0.4 is 5.32 Å². The zero-order chi connectivity index (χ0) is 12.0. The number of aryl methyl sites for hydroxylation is 1. The van der Waals surface area contributed by atoms with Gasteiger partial charge in [0.25, 0.3) is 0 Å². The predicted molar refractivity (Wildman–Crippen MR) is 56.3 cm³/mol. The number of unbranched alkanes of at least 4 members (excludes halogenated alkanes) is 1. The summed E-state index contributed by atoms with van der Waals surface area (Å²) in [4.78, 5) is 3.97. The Balaban J connectivity index is 2.38. The molecule has 0 amide bonds. The van der Waals surface area contributed by atoms with Gasteiger partial charge >= 0.3 is 6.18 Å². The van der Waals surface area contributed by atoms with E-state index in [0.717, 1.165) is 19.4 Å². The van der Waals surface area contributed by atoms with Crippen molar-refractivity contribution in [2.24, 2.45) is 0 Å². The molecular formula is C10H16F3N3. The second kappa shape index (κ2) is 5.77. The van der Waals surface area contributed by atoms with Crippen molar-refractivity contribution in [2.75, 3.05) is 11.9 Å². The maximum atomic E-state index is 11.9. The van der Waals surface area contributed by atoms with E-state index < -0.39 is 12.6 Å². The molecule has 1 heterocycles. The highest BCUT2D eigenvalue weighted by Gasteiger charge is 2.26. The van der Waals surface area contributed by atoms with Crippen molar-refractivity contribution in [3.8, 4) is 0 Å². The summed E-state index contributed by atoms with van der Waals surface area (Å²) in [7, 11) is 0. The minimum absolute atomic E-state index is 0.132. The van der Waals surface area contributed by atoms with E-state index in [1.165, 1.54) is 0 Å². The fourth-order valence-electron chi connectivity index (χ4n) is 1.30. The molecule has 1 aromatic rings. The molecular weight excluding hydrogens is 219 g/mol. The van der Waals surface area contributed by atoms with Crippen LogP contribution in [0.25, 0.3) is 0 Å². The average Bonchev–Trinajstić information content (AvgIpc) is 2.60. The molecule has 0 unspecified atom stereocenters. The molecule has 6 heteroatoms. The van der Waals surface area contributed by atoms with Crippen molar-refractivity contribution in [2.45, 2.75) is 38.9 Å². The lowest BCUT2D eigenvalue weighted by Crippen LogP contribution is -2.16. The predicted octanol–water partition coefficient (Wildman–Crippen LogP) is 3.05. The molecule has 16 heavy (non-hydrogen) atoms. The Morgan fingerprint density at radius 1 is 1.44 bits per heavy atom. The summed E-state index contributed by atoms with van der Waals surface area (Å²) in [6.45, 7) is 2.71. The van der Waals surface area contributed by atoms with Crippen LogP contribution in [0.3, 0.4) is 0 Å². The lowest BCUT2D eigenvalue weighted by atomic mass is 10.3. The van der Waals surface area contributed by atoms with Gasteiger partial charge in [-0.1, -0.05) is 13.3 Å². The van der Waals surface area contributed by atoms with Crippen molar-refractivity contribution in [1.82, 2.24) is 9.55 Å². The summed E-state index contributed by atoms with van der Waals surface area (Å²) in [6.07, 6.45) is 0.434. The minimum Gasteiger partial charge on any atom is -0.355 e. The Labute approximate surface area is 92.7 Å². The van der Waals surface area contributed by atoms with Crippen LogP contribution >= 0.6 is 0 Å². The first kappa shape index (κ1) is 12.9. The van der Waals surface area contributed by atoms with Gasteiger partial charge in [-0.05, 0) is 6.42 Å². The van der Waals surface area contributed by atoms with Crippen LogP contribution in [-0.2, 0) is 6.54 Å². The number of alkyl halides is 3. The second-order valence-corrected chi connectivity index (χ2v) is 3.59. The summed E-state index contributed by atoms with van der Waals surface area (Å²) >= 11 is 0. The van der Waals surface area contributed by atoms with Gasteiger partial charge in [0.2, 0.25) is 5.95 Å². The van der Waals surface area contributed by atoms with Gasteiger partial charge in [0.1, 0.15) is 0 Å². The standard InChI is InChI=1S/C10H16F3N3/c1-2-3-7-16-8-6-15-9(16)14-5-4-10(11,12)13/h6,8H,2-5,7H2,1H3,(H,14,15). The first-order valence-corrected chi connectivity index (χ1v) is 5.34. The number of hydrogen-bond acceptors (Lipinski definition) is 2. The van der Waals surface area contributed by atoms with E-state index in [9.17, 15) is 13.2 Å². The Kier molecular flexibility index (Phi) is 4.64. The normalized spacial score (nSPS) is 11.8. The number of nitrogens with zero attached hydrogens (tertiary/aromatic N) is 2. The van der Waals surface area contributed by atoms with E-state index in [2.05, 4.69) is 17.2 Å². The van der Waals surface area contributed by atoms with Gasteiger partial charge in [-0.25, -0.2) is 4.98 Å². The molecule has 1 rings (SSSR count). The third kappa shape index (κ3) is 4.55. The molecule has 0 aliphatic carbocycles. The Hall–Kier alpha value is -1.20. The molecule has 0 radical (unpaired) electrons. The average molecular weight is 235 g/mol. The molecule has 0 bridgehead atoms. The molecule has 0 aliphatic rings. The molecule has 0 aromatic carbocycles. The molecule has 0 saturated heterocycles. The van der Waals surface area contributed by atoms with Crippen molar-refractivity contribution >= 4 is 5.95 Å². The first-order valence-electron chi connectivity index (χ1n) is 5.34. The molecule has 0 fully saturated rings. The maximum absolute atomic E-state index is 11.9. The van der Waals surface area contributed by atoms with Gasteiger partial charge in [-0.2, -0.15) is 13.2 Å². The Bertz CT molecular complexity index is 307. The zero-order valence-electron chi connectivity index (χ0n) is 9.22. The summed E-state index contributed by atoms with van der Waals surface area (Å²) < 4.78 is 37.6. The van der Waals surface area contributed by atoms with E-state index >= 15 is 0 Å². The van der Waals surface area contributed by atoms with Gasteiger partial charge in [0.05, 0.1) is 6.42 Å². The maximum Gasteiger partial charge on any atom is 0.390 e. The van der Waals surface area contributed by atoms with Crippen molar-refractivity contribution in [1.29, 1.82) is 0 Å². The highest BCUT2D eigenvalue weighted by atomic mass is 19.4. The Morgan fingerprint density at radius 3 is 2.81 bits per heavy atom. The third-order valence-corrected chi connectivity index (χ3v) is 2.16. The van der Waals surface area contributed by atoms with E-state index in [1.807, 2.05) is 4.57 Å². The van der Waals surface area contributed by atoms with Crippen LogP contribution in [0.1, 0.15) is 26.2 Å². The minimum atomic E-state index is -4.12. The number of hydrogen-bond donors (Lipinski definition) is 1. The number of aromatic nitrogens is 2. The Morgan fingerprint density at radius 2 is 2.19 bits per heavy atom. The van der Waals surface area contributed by atoms with Gasteiger partial charge in [-0.3, -0.25) is 0 Å². The monoisotopic (exact) mass is 235 g/mol. The lowest BCUT2D eigenvalue weighted by molar-refractivity contribution is -0.131. The van der Waals surface area contributed by atoms with Crippen LogP contribution in [0, 0.1) is 0 Å². The van der Waals surface area contributed by atoms with Gasteiger partial charge < -0.3 is 9.88 Å². The molecule has 1 N–H and O–H groups in total. The largest absolute Gasteiger partial charge is 0.390 e. The number of anilines is 1. The van der Waals surface area contributed by atoms with E-state index in [4.69, 9.17) is 0 Å². The topological polar surface area (TPSA) is 29.9 Å². The molecule has 0 atom stereocenters. The van der Waals surface area contributed by atoms with Crippen LogP contribution in [0.15, 0.2) is 12.4 Å². The molecule has 92 valence electrons. The van der Waals surface area contributed by atoms with Gasteiger partial charge in [-0.15, -0.1) is 0 Å². The molecule has 1 aromatic heterocycles. The van der Waals surface area contributed by atoms with Gasteiger partial charge in [0, 0.05) is 25.5 Å². The third-order valence-electron chi connectivity index (χ3n) is 2.16. The quantitative estimate of drug-likeness (QED) is 0.821. The SMILES string of the molecule is CCCCn1ccnc1NCCC(F)(F)F. The van der Waals surface area contributed by atoms with E-state index in [0.29, 0.717) is 5.95 Å². The summed E-state index contributed by atoms with van der Waals surface area (Å²) in [5.41, 5.74) is 0. The smallest absolute Gasteiger partial charge is 0.355 e. The number of halogens is 3. The van der Waals surface area contributed by atoms with Gasteiger partial charge in [0.15, 0.2) is 0 Å². The fraction of sp³-hybridized carbons (Fsp3) is 0.700. The highest BCUT2D eigenvalue weighted by Crippen LogP contribution is 2.19. The summed E-state index contributed by atoms with van der Waals surface area (Å²) in [6, 6.07) is 0. The number of rotatable bonds is 6. The molecule has 0 spiro atoms. The molecule has 0 saturated carbocycles. The van der Waals surface area contributed by atoms with Crippen molar-refractivity contribution < 1.29 is 13.2 Å². The lowest BCUT2D eigenvalue weighted by Gasteiger charge is -2.10. The van der Waals surface area contributed by atoms with Crippen LogP contribution in [0.5, 0.6) is 0 Å². The molecule has 3 nitrogen and oxygen atoms in total. The second-order valence-electron chi connectivity index (χ2n) is 3.59. The van der Waals surface area contributed by atoms with Crippen molar-refractivity contribution in [3.63, 3.8) is 0 Å². The van der Waals surface area contributed by atoms with Crippen LogP contribution in [0.2, 0.25) is 0 Å². The zero-order valence-corrected chi connectivity index (χ0v) is 9.22.